The highest BCUT2D eigenvalue weighted by Gasteiger charge is 2.36. The van der Waals surface area contributed by atoms with E-state index in [-0.39, 0.29) is 35.9 Å². The van der Waals surface area contributed by atoms with Crippen LogP contribution in [0, 0.1) is 0 Å². The molecule has 3 N–H and O–H groups in total. The predicted octanol–water partition coefficient (Wildman–Crippen LogP) is 4.79. The fourth-order valence-corrected chi connectivity index (χ4v) is 7.50. The number of para-hydroxylation sites is 1. The zero-order valence-electron chi connectivity index (χ0n) is 31.7. The first-order chi connectivity index (χ1) is 28.0. The SMILES string of the molecule is COc1cc(N2CCN(C(=O)CN3CCN(c4ccc5nn(C6CCC(=O)NC6=O)cc5c4)CC3)CC2)ccc1Nc1ncc(C(F)(F)F)c(Nc2ccccc2)n1. The molecule has 0 aliphatic carbocycles. The van der Waals surface area contributed by atoms with E-state index in [1.54, 1.807) is 41.1 Å². The summed E-state index contributed by atoms with van der Waals surface area (Å²) in [5, 5.41) is 13.6. The minimum absolute atomic E-state index is 0.0377. The van der Waals surface area contributed by atoms with Gasteiger partial charge in [0.25, 0.3) is 5.91 Å². The van der Waals surface area contributed by atoms with E-state index in [1.807, 2.05) is 35.4 Å². The van der Waals surface area contributed by atoms with Crippen molar-refractivity contribution in [3.63, 3.8) is 0 Å². The molecule has 5 aromatic rings. The normalized spacial score (nSPS) is 18.0. The summed E-state index contributed by atoms with van der Waals surface area (Å²) in [5.74, 6) is -0.460. The molecule has 58 heavy (non-hydrogen) atoms. The number of piperidine rings is 1. The number of fused-ring (bicyclic) bond motifs is 1. The highest BCUT2D eigenvalue weighted by molar-refractivity contribution is 5.99. The Kier molecular flexibility index (Phi) is 10.7. The largest absolute Gasteiger partial charge is 0.494 e. The molecule has 8 rings (SSSR count). The van der Waals surface area contributed by atoms with Crippen molar-refractivity contribution in [3.8, 4) is 5.75 Å². The van der Waals surface area contributed by atoms with E-state index in [0.29, 0.717) is 56.3 Å². The minimum Gasteiger partial charge on any atom is -0.494 e. The van der Waals surface area contributed by atoms with Crippen LogP contribution in [0.4, 0.5) is 47.7 Å². The molecule has 3 amide bonds. The van der Waals surface area contributed by atoms with Crippen molar-refractivity contribution in [2.45, 2.75) is 25.1 Å². The molecular weight excluding hydrogens is 756 g/mol. The smallest absolute Gasteiger partial charge is 0.421 e. The number of nitrogens with zero attached hydrogens (tertiary/aromatic N) is 8. The van der Waals surface area contributed by atoms with Crippen LogP contribution in [-0.2, 0) is 20.6 Å². The lowest BCUT2D eigenvalue weighted by atomic mass is 10.1. The van der Waals surface area contributed by atoms with Gasteiger partial charge in [0.2, 0.25) is 17.8 Å². The molecular formula is C40H42F3N11O4. The average Bonchev–Trinajstić information content (AvgIpc) is 3.65. The Bertz CT molecular complexity index is 2310. The first-order valence-corrected chi connectivity index (χ1v) is 19.0. The van der Waals surface area contributed by atoms with Gasteiger partial charge in [-0.05, 0) is 48.9 Å². The number of anilines is 6. The van der Waals surface area contributed by atoms with E-state index in [2.05, 4.69) is 51.8 Å². The zero-order valence-corrected chi connectivity index (χ0v) is 31.7. The number of ether oxygens (including phenoxy) is 1. The second-order valence-electron chi connectivity index (χ2n) is 14.4. The number of aromatic nitrogens is 4. The van der Waals surface area contributed by atoms with Gasteiger partial charge in [-0.2, -0.15) is 23.3 Å². The molecule has 0 spiro atoms. The van der Waals surface area contributed by atoms with Crippen molar-refractivity contribution in [2.75, 3.05) is 86.4 Å². The molecule has 302 valence electrons. The summed E-state index contributed by atoms with van der Waals surface area (Å²) in [4.78, 5) is 53.9. The van der Waals surface area contributed by atoms with E-state index in [4.69, 9.17) is 4.74 Å². The molecule has 3 saturated heterocycles. The molecule has 0 saturated carbocycles. The molecule has 0 bridgehead atoms. The van der Waals surface area contributed by atoms with Crippen LogP contribution < -0.4 is 30.5 Å². The maximum atomic E-state index is 13.8. The second kappa shape index (κ2) is 16.2. The fraction of sp³-hybridized carbons (Fsp3) is 0.350. The van der Waals surface area contributed by atoms with Crippen LogP contribution in [0.2, 0.25) is 0 Å². The number of nitrogens with one attached hydrogen (secondary N) is 3. The molecule has 18 heteroatoms. The number of alkyl halides is 3. The Labute approximate surface area is 331 Å². The molecule has 5 heterocycles. The van der Waals surface area contributed by atoms with Crippen molar-refractivity contribution in [2.24, 2.45) is 0 Å². The van der Waals surface area contributed by atoms with Crippen LogP contribution in [0.1, 0.15) is 24.4 Å². The van der Waals surface area contributed by atoms with Crippen molar-refractivity contribution in [1.29, 1.82) is 0 Å². The number of methoxy groups -OCH3 is 1. The molecule has 3 aromatic carbocycles. The van der Waals surface area contributed by atoms with Gasteiger partial charge >= 0.3 is 6.18 Å². The summed E-state index contributed by atoms with van der Waals surface area (Å²) in [7, 11) is 1.51. The summed E-state index contributed by atoms with van der Waals surface area (Å²) >= 11 is 0. The number of piperazine rings is 2. The summed E-state index contributed by atoms with van der Waals surface area (Å²) < 4.78 is 48.6. The minimum atomic E-state index is -4.66. The number of imide groups is 1. The lowest BCUT2D eigenvalue weighted by molar-refractivity contribution is -0.138. The molecule has 1 unspecified atom stereocenters. The first kappa shape index (κ1) is 38.4. The Morgan fingerprint density at radius 1 is 0.897 bits per heavy atom. The van der Waals surface area contributed by atoms with Gasteiger partial charge in [0.1, 0.15) is 23.2 Å². The summed E-state index contributed by atoms with van der Waals surface area (Å²) in [6, 6.07) is 19.5. The fourth-order valence-electron chi connectivity index (χ4n) is 7.50. The Hall–Kier alpha value is -6.43. The van der Waals surface area contributed by atoms with Crippen molar-refractivity contribution >= 4 is 63.1 Å². The average molecular weight is 798 g/mol. The summed E-state index contributed by atoms with van der Waals surface area (Å²) in [5.41, 5.74) is 2.65. The monoisotopic (exact) mass is 797 g/mol. The van der Waals surface area contributed by atoms with Crippen LogP contribution in [0.25, 0.3) is 10.9 Å². The quantitative estimate of drug-likeness (QED) is 0.167. The molecule has 2 aromatic heterocycles. The molecule has 3 aliphatic heterocycles. The van der Waals surface area contributed by atoms with Crippen LogP contribution in [0.5, 0.6) is 5.75 Å². The van der Waals surface area contributed by atoms with Crippen molar-refractivity contribution < 1.29 is 32.3 Å². The zero-order chi connectivity index (χ0) is 40.4. The number of amides is 3. The number of benzene rings is 3. The van der Waals surface area contributed by atoms with Crippen LogP contribution >= 0.6 is 0 Å². The van der Waals surface area contributed by atoms with Crippen LogP contribution in [0.15, 0.2) is 79.1 Å². The van der Waals surface area contributed by atoms with Gasteiger partial charge < -0.3 is 30.1 Å². The van der Waals surface area contributed by atoms with Crippen LogP contribution in [-0.4, -0.2) is 113 Å². The third-order valence-electron chi connectivity index (χ3n) is 10.7. The number of rotatable bonds is 10. The lowest BCUT2D eigenvalue weighted by Gasteiger charge is -2.39. The molecule has 15 nitrogen and oxygen atoms in total. The van der Waals surface area contributed by atoms with E-state index in [9.17, 15) is 27.6 Å². The standard InChI is InChI=1S/C40H42F3N11O4/c1-58-34-22-29(8-10-32(34)46-39-44-23-30(40(41,42)43)37(48-39)45-27-5-3-2-4-6-27)52-17-19-53(20-18-52)36(56)25-50-13-15-51(16-14-50)28-7-9-31-26(21-28)24-54(49-31)33-11-12-35(55)47-38(33)57/h2-10,21-24,33H,11-20,25H2,1H3,(H,47,55,57)(H2,44,45,46,48). The highest BCUT2D eigenvalue weighted by Crippen LogP contribution is 2.37. The number of carbonyl (C=O) groups excluding carboxylic acids is 3. The first-order valence-electron chi connectivity index (χ1n) is 19.0. The van der Waals surface area contributed by atoms with Gasteiger partial charge in [0, 0.05) is 99.7 Å². The molecule has 3 fully saturated rings. The number of hydrogen-bond donors (Lipinski definition) is 3. The van der Waals surface area contributed by atoms with Gasteiger partial charge in [-0.25, -0.2) is 4.98 Å². The second-order valence-corrected chi connectivity index (χ2v) is 14.4. The maximum absolute atomic E-state index is 13.8. The number of halogens is 3. The Morgan fingerprint density at radius 3 is 2.31 bits per heavy atom. The van der Waals surface area contributed by atoms with Crippen molar-refractivity contribution in [3.05, 3.63) is 84.7 Å². The van der Waals surface area contributed by atoms with Gasteiger partial charge in [0.05, 0.1) is 24.9 Å². The summed E-state index contributed by atoms with van der Waals surface area (Å²) in [6.45, 7) is 5.70. The van der Waals surface area contributed by atoms with Gasteiger partial charge in [-0.3, -0.25) is 29.3 Å². The topological polar surface area (TPSA) is 153 Å². The van der Waals surface area contributed by atoms with Gasteiger partial charge in [0.15, 0.2) is 0 Å². The van der Waals surface area contributed by atoms with Crippen molar-refractivity contribution in [1.82, 2.24) is 34.9 Å². The van der Waals surface area contributed by atoms with Gasteiger partial charge in [-0.15, -0.1) is 0 Å². The van der Waals surface area contributed by atoms with E-state index < -0.39 is 17.8 Å². The Balaban J connectivity index is 0.830. The molecule has 0 radical (unpaired) electrons. The highest BCUT2D eigenvalue weighted by atomic mass is 19.4. The lowest BCUT2D eigenvalue weighted by Crippen LogP contribution is -2.54. The van der Waals surface area contributed by atoms with Gasteiger partial charge in [-0.1, -0.05) is 18.2 Å². The molecule has 1 atom stereocenters. The number of carbonyl (C=O) groups is 3. The maximum Gasteiger partial charge on any atom is 0.421 e. The van der Waals surface area contributed by atoms with E-state index >= 15 is 0 Å². The van der Waals surface area contributed by atoms with Crippen LogP contribution in [0.3, 0.4) is 0 Å². The number of hydrogen-bond acceptors (Lipinski definition) is 12. The van der Waals surface area contributed by atoms with E-state index in [1.165, 1.54) is 7.11 Å². The molecule has 3 aliphatic rings. The Morgan fingerprint density at radius 2 is 1.60 bits per heavy atom. The predicted molar refractivity (Wildman–Crippen MR) is 212 cm³/mol. The third kappa shape index (κ3) is 8.46. The van der Waals surface area contributed by atoms with E-state index in [0.717, 1.165) is 54.7 Å². The third-order valence-corrected chi connectivity index (χ3v) is 10.7. The summed E-state index contributed by atoms with van der Waals surface area (Å²) in [6.07, 6.45) is -1.34.